The van der Waals surface area contributed by atoms with Crippen LogP contribution in [0.5, 0.6) is 0 Å². The molecule has 3 atom stereocenters. The summed E-state index contributed by atoms with van der Waals surface area (Å²) in [5, 5.41) is 0. The van der Waals surface area contributed by atoms with Crippen LogP contribution in [0, 0.1) is 17.8 Å². The monoisotopic (exact) mass is 346 g/mol. The Morgan fingerprint density at radius 3 is 2.48 bits per heavy atom. The second-order valence-electron chi connectivity index (χ2n) is 7.17. The molecule has 1 aromatic carbocycles. The van der Waals surface area contributed by atoms with Crippen molar-refractivity contribution in [3.63, 3.8) is 0 Å². The molecule has 0 aromatic heterocycles. The molecule has 1 aliphatic carbocycles. The predicted molar refractivity (Wildman–Crippen MR) is 93.3 cm³/mol. The lowest BCUT2D eigenvalue weighted by Gasteiger charge is -2.36. The van der Waals surface area contributed by atoms with E-state index in [1.54, 1.807) is 0 Å². The highest BCUT2D eigenvalue weighted by Gasteiger charge is 2.33. The fourth-order valence-corrected chi connectivity index (χ4v) is 3.36. The molecule has 0 spiro atoms. The number of aldehydes is 1. The zero-order chi connectivity index (χ0) is 18.4. The SMILES string of the molecule is CC1CCC(C(C)C)C(OC(=O)COC(=O)c2ccc(C=O)cc2)C1. The van der Waals surface area contributed by atoms with Crippen LogP contribution < -0.4 is 0 Å². The standard InChI is InChI=1S/C20H26O5/c1-13(2)17-9-4-14(3)10-18(17)25-19(22)12-24-20(23)16-7-5-15(11-21)6-8-16/h5-8,11,13-14,17-18H,4,9-10,12H2,1-3H3. The lowest BCUT2D eigenvalue weighted by Crippen LogP contribution is -2.36. The average Bonchev–Trinajstić information content (AvgIpc) is 2.59. The van der Waals surface area contributed by atoms with Gasteiger partial charge in [0.2, 0.25) is 0 Å². The van der Waals surface area contributed by atoms with Gasteiger partial charge in [0.05, 0.1) is 5.56 Å². The van der Waals surface area contributed by atoms with Gasteiger partial charge < -0.3 is 9.47 Å². The van der Waals surface area contributed by atoms with Crippen molar-refractivity contribution in [3.8, 4) is 0 Å². The molecule has 0 saturated heterocycles. The van der Waals surface area contributed by atoms with E-state index >= 15 is 0 Å². The van der Waals surface area contributed by atoms with Crippen LogP contribution >= 0.6 is 0 Å². The highest BCUT2D eigenvalue weighted by Crippen LogP contribution is 2.35. The van der Waals surface area contributed by atoms with Crippen molar-refractivity contribution in [3.05, 3.63) is 35.4 Å². The number of benzene rings is 1. The van der Waals surface area contributed by atoms with E-state index in [2.05, 4.69) is 20.8 Å². The number of hydrogen-bond acceptors (Lipinski definition) is 5. The Hall–Kier alpha value is -2.17. The van der Waals surface area contributed by atoms with E-state index in [0.717, 1.165) is 19.3 Å². The van der Waals surface area contributed by atoms with Gasteiger partial charge in [0.1, 0.15) is 12.4 Å². The van der Waals surface area contributed by atoms with Gasteiger partial charge in [-0.05, 0) is 42.7 Å². The molecule has 0 bridgehead atoms. The summed E-state index contributed by atoms with van der Waals surface area (Å²) >= 11 is 0. The summed E-state index contributed by atoms with van der Waals surface area (Å²) in [5.41, 5.74) is 0.770. The van der Waals surface area contributed by atoms with E-state index in [1.807, 2.05) is 0 Å². The molecule has 0 N–H and O–H groups in total. The second kappa shape index (κ2) is 8.79. The van der Waals surface area contributed by atoms with Gasteiger partial charge in [-0.3, -0.25) is 4.79 Å². The molecule has 3 unspecified atom stereocenters. The van der Waals surface area contributed by atoms with Crippen LogP contribution in [0.3, 0.4) is 0 Å². The fourth-order valence-electron chi connectivity index (χ4n) is 3.36. The first-order valence-corrected chi connectivity index (χ1v) is 8.82. The quantitative estimate of drug-likeness (QED) is 0.581. The molecule has 0 aliphatic heterocycles. The number of ether oxygens (including phenoxy) is 2. The van der Waals surface area contributed by atoms with Crippen LogP contribution in [0.4, 0.5) is 0 Å². The summed E-state index contributed by atoms with van der Waals surface area (Å²) in [4.78, 5) is 34.6. The van der Waals surface area contributed by atoms with E-state index < -0.39 is 18.5 Å². The van der Waals surface area contributed by atoms with E-state index in [0.29, 0.717) is 35.2 Å². The van der Waals surface area contributed by atoms with Gasteiger partial charge in [0.25, 0.3) is 0 Å². The summed E-state index contributed by atoms with van der Waals surface area (Å²) in [6.07, 6.45) is 3.66. The number of carbonyl (C=O) groups excluding carboxylic acids is 3. The van der Waals surface area contributed by atoms with Crippen molar-refractivity contribution >= 4 is 18.2 Å². The predicted octanol–water partition coefficient (Wildman–Crippen LogP) is 3.66. The van der Waals surface area contributed by atoms with Gasteiger partial charge in [-0.25, -0.2) is 9.59 Å². The van der Waals surface area contributed by atoms with Crippen LogP contribution in [0.25, 0.3) is 0 Å². The fraction of sp³-hybridized carbons (Fsp3) is 0.550. The van der Waals surface area contributed by atoms with Crippen LogP contribution in [-0.2, 0) is 14.3 Å². The van der Waals surface area contributed by atoms with Crippen LogP contribution in [0.1, 0.15) is 60.7 Å². The van der Waals surface area contributed by atoms with Gasteiger partial charge in [-0.2, -0.15) is 0 Å². The third-order valence-corrected chi connectivity index (χ3v) is 4.85. The Labute approximate surface area is 148 Å². The minimum Gasteiger partial charge on any atom is -0.460 e. The molecular weight excluding hydrogens is 320 g/mol. The van der Waals surface area contributed by atoms with Gasteiger partial charge >= 0.3 is 11.9 Å². The molecule has 136 valence electrons. The van der Waals surface area contributed by atoms with Crippen LogP contribution in [0.15, 0.2) is 24.3 Å². The smallest absolute Gasteiger partial charge is 0.344 e. The number of hydrogen-bond donors (Lipinski definition) is 0. The minimum atomic E-state index is -0.605. The van der Waals surface area contributed by atoms with Gasteiger partial charge in [-0.15, -0.1) is 0 Å². The van der Waals surface area contributed by atoms with Gasteiger partial charge in [0.15, 0.2) is 6.61 Å². The average molecular weight is 346 g/mol. The highest BCUT2D eigenvalue weighted by atomic mass is 16.6. The second-order valence-corrected chi connectivity index (χ2v) is 7.17. The van der Waals surface area contributed by atoms with E-state index in [9.17, 15) is 14.4 Å². The first kappa shape index (κ1) is 19.2. The molecule has 1 saturated carbocycles. The third kappa shape index (κ3) is 5.41. The Balaban J connectivity index is 1.86. The Bertz CT molecular complexity index is 605. The molecule has 1 aromatic rings. The van der Waals surface area contributed by atoms with Crippen LogP contribution in [-0.4, -0.2) is 30.9 Å². The third-order valence-electron chi connectivity index (χ3n) is 4.85. The zero-order valence-corrected chi connectivity index (χ0v) is 15.1. The first-order valence-electron chi connectivity index (χ1n) is 8.82. The van der Waals surface area contributed by atoms with Crippen molar-refractivity contribution < 1.29 is 23.9 Å². The number of carbonyl (C=O) groups is 3. The van der Waals surface area contributed by atoms with Gasteiger partial charge in [-0.1, -0.05) is 39.3 Å². The summed E-state index contributed by atoms with van der Waals surface area (Å²) in [5.74, 6) is 0.219. The van der Waals surface area contributed by atoms with E-state index in [-0.39, 0.29) is 6.10 Å². The van der Waals surface area contributed by atoms with Crippen LogP contribution in [0.2, 0.25) is 0 Å². The molecule has 0 amide bonds. The highest BCUT2D eigenvalue weighted by molar-refractivity contribution is 5.91. The topological polar surface area (TPSA) is 69.7 Å². The number of rotatable bonds is 6. The molecule has 5 heteroatoms. The maximum atomic E-state index is 12.1. The van der Waals surface area contributed by atoms with E-state index in [4.69, 9.17) is 9.47 Å². The molecule has 0 radical (unpaired) electrons. The lowest BCUT2D eigenvalue weighted by molar-refractivity contribution is -0.159. The normalized spacial score (nSPS) is 23.1. The Morgan fingerprint density at radius 2 is 1.88 bits per heavy atom. The summed E-state index contributed by atoms with van der Waals surface area (Å²) in [6.45, 7) is 6.05. The van der Waals surface area contributed by atoms with Crippen molar-refractivity contribution in [2.75, 3.05) is 6.61 Å². The molecule has 2 rings (SSSR count). The molecule has 1 aliphatic rings. The van der Waals surface area contributed by atoms with E-state index in [1.165, 1.54) is 24.3 Å². The molecule has 0 heterocycles. The largest absolute Gasteiger partial charge is 0.460 e. The molecule has 25 heavy (non-hydrogen) atoms. The Kier molecular flexibility index (Phi) is 6.73. The van der Waals surface area contributed by atoms with Gasteiger partial charge in [0, 0.05) is 5.56 Å². The Morgan fingerprint density at radius 1 is 1.20 bits per heavy atom. The molecule has 1 fully saturated rings. The van der Waals surface area contributed by atoms with Crippen molar-refractivity contribution in [2.24, 2.45) is 17.8 Å². The number of esters is 2. The summed E-state index contributed by atoms with van der Waals surface area (Å²) in [7, 11) is 0. The summed E-state index contributed by atoms with van der Waals surface area (Å²) in [6, 6.07) is 6.04. The zero-order valence-electron chi connectivity index (χ0n) is 15.1. The maximum Gasteiger partial charge on any atom is 0.344 e. The van der Waals surface area contributed by atoms with Crippen molar-refractivity contribution in [1.82, 2.24) is 0 Å². The molecular formula is C20H26O5. The summed E-state index contributed by atoms with van der Waals surface area (Å²) < 4.78 is 10.6. The first-order chi connectivity index (χ1) is 11.9. The maximum absolute atomic E-state index is 12.1. The van der Waals surface area contributed by atoms with Crippen molar-refractivity contribution in [1.29, 1.82) is 0 Å². The molecule has 5 nitrogen and oxygen atoms in total. The lowest BCUT2D eigenvalue weighted by atomic mass is 9.75. The van der Waals surface area contributed by atoms with Crippen molar-refractivity contribution in [2.45, 2.75) is 46.1 Å². The minimum absolute atomic E-state index is 0.109.